The maximum Gasteiger partial charge on any atom is 0.123 e. The third-order valence-corrected chi connectivity index (χ3v) is 1.51. The summed E-state index contributed by atoms with van der Waals surface area (Å²) >= 11 is 0. The molecule has 12 heavy (non-hydrogen) atoms. The second-order valence-corrected chi connectivity index (χ2v) is 4.56. The van der Waals surface area contributed by atoms with E-state index in [1.54, 1.807) is 20.8 Å². The van der Waals surface area contributed by atoms with Gasteiger partial charge in [-0.05, 0) is 41.5 Å². The fourth-order valence-electron chi connectivity index (χ4n) is 0.302. The van der Waals surface area contributed by atoms with E-state index in [0.29, 0.717) is 0 Å². The minimum atomic E-state index is -0.659. The number of rotatable bonds is 3. The van der Waals surface area contributed by atoms with Gasteiger partial charge in [-0.25, -0.2) is 9.78 Å². The van der Waals surface area contributed by atoms with Gasteiger partial charge in [0.15, 0.2) is 0 Å². The van der Waals surface area contributed by atoms with Crippen molar-refractivity contribution in [3.8, 4) is 0 Å². The first-order valence-electron chi connectivity index (χ1n) is 4.20. The highest BCUT2D eigenvalue weighted by molar-refractivity contribution is 4.73. The molecule has 0 saturated heterocycles. The molecule has 0 aromatic rings. The van der Waals surface area contributed by atoms with E-state index < -0.39 is 11.7 Å². The van der Waals surface area contributed by atoms with Gasteiger partial charge in [0.2, 0.25) is 0 Å². The predicted octanol–water partition coefficient (Wildman–Crippen LogP) is 1.89. The maximum absolute atomic E-state index is 9.27. The van der Waals surface area contributed by atoms with Gasteiger partial charge in [-0.15, -0.1) is 0 Å². The van der Waals surface area contributed by atoms with Gasteiger partial charge in [-0.2, -0.15) is 0 Å². The van der Waals surface area contributed by atoms with Crippen LogP contribution in [-0.2, 0) is 9.78 Å². The van der Waals surface area contributed by atoms with Crippen molar-refractivity contribution in [1.29, 1.82) is 0 Å². The summed E-state index contributed by atoms with van der Waals surface area (Å²) in [6.45, 7) is 10.9. The molecule has 0 amide bonds. The van der Waals surface area contributed by atoms with Crippen LogP contribution in [0, 0.1) is 0 Å². The zero-order chi connectivity index (χ0) is 9.99. The lowest BCUT2D eigenvalue weighted by atomic mass is 10.0. The van der Waals surface area contributed by atoms with Gasteiger partial charge < -0.3 is 5.11 Å². The van der Waals surface area contributed by atoms with Crippen LogP contribution in [0.5, 0.6) is 0 Å². The van der Waals surface area contributed by atoms with Crippen LogP contribution < -0.4 is 0 Å². The Labute approximate surface area is 74.6 Å². The SMILES string of the molecule is CC(O)C(C)(C)OOC(C)(C)C. The smallest absolute Gasteiger partial charge is 0.123 e. The van der Waals surface area contributed by atoms with Gasteiger partial charge in [-0.3, -0.25) is 0 Å². The molecular weight excluding hydrogens is 156 g/mol. The zero-order valence-corrected chi connectivity index (χ0v) is 8.84. The fraction of sp³-hybridized carbons (Fsp3) is 1.00. The Morgan fingerprint density at radius 1 is 1.00 bits per heavy atom. The highest BCUT2D eigenvalue weighted by Crippen LogP contribution is 2.19. The van der Waals surface area contributed by atoms with E-state index >= 15 is 0 Å². The van der Waals surface area contributed by atoms with Crippen molar-refractivity contribution >= 4 is 0 Å². The molecule has 1 N–H and O–H groups in total. The van der Waals surface area contributed by atoms with Crippen LogP contribution in [0.15, 0.2) is 0 Å². The summed E-state index contributed by atoms with van der Waals surface area (Å²) in [4.78, 5) is 10.2. The van der Waals surface area contributed by atoms with E-state index in [-0.39, 0.29) is 5.60 Å². The lowest BCUT2D eigenvalue weighted by Gasteiger charge is -2.30. The average Bonchev–Trinajstić information content (AvgIpc) is 1.82. The lowest BCUT2D eigenvalue weighted by molar-refractivity contribution is -0.408. The molecule has 0 bridgehead atoms. The molecule has 3 heteroatoms. The lowest BCUT2D eigenvalue weighted by Crippen LogP contribution is -2.39. The van der Waals surface area contributed by atoms with Gasteiger partial charge >= 0.3 is 0 Å². The summed E-state index contributed by atoms with van der Waals surface area (Å²) in [5, 5.41) is 9.27. The molecule has 1 atom stereocenters. The second-order valence-electron chi connectivity index (χ2n) is 4.56. The Bertz CT molecular complexity index is 133. The monoisotopic (exact) mass is 176 g/mol. The largest absolute Gasteiger partial charge is 0.390 e. The van der Waals surface area contributed by atoms with Crippen molar-refractivity contribution in [2.24, 2.45) is 0 Å². The van der Waals surface area contributed by atoms with E-state index in [1.165, 1.54) is 0 Å². The second kappa shape index (κ2) is 3.73. The third kappa shape index (κ3) is 4.70. The fourth-order valence-corrected chi connectivity index (χ4v) is 0.302. The van der Waals surface area contributed by atoms with Gasteiger partial charge in [0.1, 0.15) is 5.60 Å². The molecular formula is C9H20O3. The highest BCUT2D eigenvalue weighted by Gasteiger charge is 2.28. The Balaban J connectivity index is 3.93. The first-order chi connectivity index (χ1) is 5.15. The van der Waals surface area contributed by atoms with Crippen molar-refractivity contribution in [2.45, 2.75) is 58.8 Å². The molecule has 0 aliphatic carbocycles. The minimum absolute atomic E-state index is 0.341. The first-order valence-corrected chi connectivity index (χ1v) is 4.20. The van der Waals surface area contributed by atoms with Gasteiger partial charge in [0, 0.05) is 0 Å². The van der Waals surface area contributed by atoms with Crippen LogP contribution in [-0.4, -0.2) is 22.4 Å². The van der Waals surface area contributed by atoms with Gasteiger partial charge in [0.25, 0.3) is 0 Å². The maximum atomic E-state index is 9.27. The molecule has 74 valence electrons. The average molecular weight is 176 g/mol. The molecule has 0 heterocycles. The summed E-state index contributed by atoms with van der Waals surface area (Å²) < 4.78 is 0. The molecule has 0 aliphatic rings. The molecule has 0 saturated carbocycles. The molecule has 0 spiro atoms. The van der Waals surface area contributed by atoms with Crippen molar-refractivity contribution in [3.63, 3.8) is 0 Å². The topological polar surface area (TPSA) is 38.7 Å². The molecule has 0 aromatic carbocycles. The highest BCUT2D eigenvalue weighted by atomic mass is 17.2. The van der Waals surface area contributed by atoms with Gasteiger partial charge in [0.05, 0.1) is 11.7 Å². The van der Waals surface area contributed by atoms with E-state index in [1.807, 2.05) is 20.8 Å². The molecule has 0 rings (SSSR count). The predicted molar refractivity (Wildman–Crippen MR) is 47.7 cm³/mol. The van der Waals surface area contributed by atoms with Gasteiger partial charge in [-0.1, -0.05) is 0 Å². The molecule has 0 radical (unpaired) electrons. The Morgan fingerprint density at radius 3 is 1.67 bits per heavy atom. The number of aliphatic hydroxyl groups excluding tert-OH is 1. The van der Waals surface area contributed by atoms with Crippen molar-refractivity contribution in [2.75, 3.05) is 0 Å². The number of hydrogen-bond donors (Lipinski definition) is 1. The molecule has 0 aliphatic heterocycles. The van der Waals surface area contributed by atoms with Crippen LogP contribution >= 0.6 is 0 Å². The van der Waals surface area contributed by atoms with Crippen molar-refractivity contribution in [1.82, 2.24) is 0 Å². The number of aliphatic hydroxyl groups is 1. The first kappa shape index (κ1) is 11.9. The third-order valence-electron chi connectivity index (χ3n) is 1.51. The molecule has 3 nitrogen and oxygen atoms in total. The van der Waals surface area contributed by atoms with Crippen LogP contribution in [0.25, 0.3) is 0 Å². The summed E-state index contributed by atoms with van der Waals surface area (Å²) in [7, 11) is 0. The van der Waals surface area contributed by atoms with Crippen molar-refractivity contribution in [3.05, 3.63) is 0 Å². The summed E-state index contributed by atoms with van der Waals surface area (Å²) in [6.07, 6.45) is -0.556. The van der Waals surface area contributed by atoms with E-state index in [0.717, 1.165) is 0 Å². The standard InChI is InChI=1S/C9H20O3/c1-7(10)9(5,6)12-11-8(2,3)4/h7,10H,1-6H3. The molecule has 0 fully saturated rings. The normalized spacial score (nSPS) is 16.2. The summed E-state index contributed by atoms with van der Waals surface area (Å²) in [5.74, 6) is 0. The summed E-state index contributed by atoms with van der Waals surface area (Å²) in [5.41, 5.74) is -1.00. The summed E-state index contributed by atoms with van der Waals surface area (Å²) in [6, 6.07) is 0. The Kier molecular flexibility index (Phi) is 3.69. The quantitative estimate of drug-likeness (QED) is 0.527. The van der Waals surface area contributed by atoms with Crippen LogP contribution in [0.2, 0.25) is 0 Å². The number of hydrogen-bond acceptors (Lipinski definition) is 3. The van der Waals surface area contributed by atoms with Crippen LogP contribution in [0.3, 0.4) is 0 Å². The van der Waals surface area contributed by atoms with Crippen molar-refractivity contribution < 1.29 is 14.9 Å². The van der Waals surface area contributed by atoms with E-state index in [9.17, 15) is 5.11 Å². The Hall–Kier alpha value is -0.120. The Morgan fingerprint density at radius 2 is 1.42 bits per heavy atom. The minimum Gasteiger partial charge on any atom is -0.390 e. The van der Waals surface area contributed by atoms with E-state index in [4.69, 9.17) is 9.78 Å². The van der Waals surface area contributed by atoms with Crippen LogP contribution in [0.1, 0.15) is 41.5 Å². The molecule has 1 unspecified atom stereocenters. The van der Waals surface area contributed by atoms with E-state index in [2.05, 4.69) is 0 Å². The molecule has 0 aromatic heterocycles. The zero-order valence-electron chi connectivity index (χ0n) is 8.84. The van der Waals surface area contributed by atoms with Crippen LogP contribution in [0.4, 0.5) is 0 Å².